The molecule has 0 aromatic rings. The fourth-order valence-corrected chi connectivity index (χ4v) is 3.42. The number of esters is 1. The Hall–Kier alpha value is -0.870. The third-order valence-corrected chi connectivity index (χ3v) is 4.98. The van der Waals surface area contributed by atoms with E-state index >= 15 is 0 Å². The molecule has 126 valence electrons. The number of aliphatic hydroxyl groups is 1. The van der Waals surface area contributed by atoms with E-state index in [1.165, 1.54) is 0 Å². The number of carbonyl (C=O) groups excluding carboxylic acids is 1. The summed E-state index contributed by atoms with van der Waals surface area (Å²) in [7, 11) is 2.08. The lowest BCUT2D eigenvalue weighted by atomic mass is 9.84. The molecule has 2 rings (SSSR count). The first kappa shape index (κ1) is 17.5. The molecule has 0 spiro atoms. The van der Waals surface area contributed by atoms with Crippen LogP contribution < -0.4 is 0 Å². The summed E-state index contributed by atoms with van der Waals surface area (Å²) in [6, 6.07) is 0. The van der Waals surface area contributed by atoms with E-state index in [9.17, 15) is 9.90 Å². The molecule has 1 N–H and O–H groups in total. The molecule has 1 aliphatic heterocycles. The van der Waals surface area contributed by atoms with Crippen molar-refractivity contribution in [3.63, 3.8) is 0 Å². The molecule has 4 heteroatoms. The summed E-state index contributed by atoms with van der Waals surface area (Å²) in [6.07, 6.45) is 9.27. The van der Waals surface area contributed by atoms with Gasteiger partial charge in [0.1, 0.15) is 6.10 Å². The van der Waals surface area contributed by atoms with Gasteiger partial charge in [-0.1, -0.05) is 32.8 Å². The van der Waals surface area contributed by atoms with Crippen LogP contribution in [0, 0.1) is 11.8 Å². The Morgan fingerprint density at radius 3 is 2.36 bits per heavy atom. The lowest BCUT2D eigenvalue weighted by molar-refractivity contribution is -0.173. The van der Waals surface area contributed by atoms with Crippen molar-refractivity contribution in [2.45, 2.75) is 64.1 Å². The Kier molecular flexibility index (Phi) is 6.04. The first-order valence-corrected chi connectivity index (χ1v) is 8.73. The summed E-state index contributed by atoms with van der Waals surface area (Å²) in [5.74, 6) is -0.129. The van der Waals surface area contributed by atoms with Gasteiger partial charge in [-0.15, -0.1) is 0 Å². The quantitative estimate of drug-likeness (QED) is 0.627. The van der Waals surface area contributed by atoms with Crippen LogP contribution in [-0.4, -0.2) is 47.8 Å². The second-order valence-corrected chi connectivity index (χ2v) is 7.32. The second kappa shape index (κ2) is 7.60. The van der Waals surface area contributed by atoms with Crippen molar-refractivity contribution >= 4 is 5.97 Å². The van der Waals surface area contributed by atoms with Gasteiger partial charge in [0, 0.05) is 19.0 Å². The van der Waals surface area contributed by atoms with Gasteiger partial charge in [-0.25, -0.2) is 4.79 Å². The second-order valence-electron chi connectivity index (χ2n) is 7.32. The first-order valence-electron chi connectivity index (χ1n) is 8.73. The fourth-order valence-electron chi connectivity index (χ4n) is 3.42. The zero-order valence-electron chi connectivity index (χ0n) is 14.3. The van der Waals surface area contributed by atoms with Crippen LogP contribution in [0.4, 0.5) is 0 Å². The lowest BCUT2D eigenvalue weighted by Crippen LogP contribution is -2.47. The van der Waals surface area contributed by atoms with Gasteiger partial charge in [0.05, 0.1) is 0 Å². The van der Waals surface area contributed by atoms with Gasteiger partial charge < -0.3 is 14.7 Å². The van der Waals surface area contributed by atoms with E-state index in [2.05, 4.69) is 11.9 Å². The number of rotatable bonds is 5. The Labute approximate surface area is 134 Å². The summed E-state index contributed by atoms with van der Waals surface area (Å²) >= 11 is 0. The van der Waals surface area contributed by atoms with Crippen molar-refractivity contribution in [3.8, 4) is 0 Å². The number of carbonyl (C=O) groups is 1. The molecule has 0 amide bonds. The largest absolute Gasteiger partial charge is 0.460 e. The fraction of sp³-hybridized carbons (Fsp3) is 0.833. The van der Waals surface area contributed by atoms with Crippen LogP contribution in [0.3, 0.4) is 0 Å². The van der Waals surface area contributed by atoms with Gasteiger partial charge in [0.2, 0.25) is 0 Å². The SMILES string of the molecule is CC(C)/C=C/C(O)(C(=O)OC1CCN(C)CC1)C1CCCC1. The van der Waals surface area contributed by atoms with Crippen LogP contribution in [0.2, 0.25) is 0 Å². The minimum Gasteiger partial charge on any atom is -0.460 e. The summed E-state index contributed by atoms with van der Waals surface area (Å²) < 4.78 is 5.68. The Bertz CT molecular complexity index is 393. The topological polar surface area (TPSA) is 49.8 Å². The smallest absolute Gasteiger partial charge is 0.342 e. The molecule has 0 aromatic heterocycles. The Morgan fingerprint density at radius 2 is 1.82 bits per heavy atom. The zero-order chi connectivity index (χ0) is 16.2. The molecule has 0 aromatic carbocycles. The van der Waals surface area contributed by atoms with Gasteiger partial charge in [-0.05, 0) is 44.7 Å². The number of hydrogen-bond donors (Lipinski definition) is 1. The van der Waals surface area contributed by atoms with E-state index in [1.807, 2.05) is 19.9 Å². The number of allylic oxidation sites excluding steroid dienone is 1. The summed E-state index contributed by atoms with van der Waals surface area (Å²) in [5, 5.41) is 11.0. The molecule has 1 unspecified atom stereocenters. The molecule has 2 aliphatic rings. The standard InChI is InChI=1S/C18H31NO3/c1-14(2)8-11-18(21,15-6-4-5-7-15)17(20)22-16-9-12-19(3)13-10-16/h8,11,14-16,21H,4-7,9-10,12-13H2,1-3H3/b11-8+. The van der Waals surface area contributed by atoms with Crippen molar-refractivity contribution in [1.82, 2.24) is 4.90 Å². The highest BCUT2D eigenvalue weighted by molar-refractivity contribution is 5.82. The molecular formula is C18H31NO3. The zero-order valence-corrected chi connectivity index (χ0v) is 14.3. The summed E-state index contributed by atoms with van der Waals surface area (Å²) in [6.45, 7) is 5.99. The third kappa shape index (κ3) is 4.32. The first-order chi connectivity index (χ1) is 10.4. The predicted molar refractivity (Wildman–Crippen MR) is 87.5 cm³/mol. The normalized spacial score (nSPS) is 25.0. The van der Waals surface area contributed by atoms with Crippen LogP contribution >= 0.6 is 0 Å². The number of likely N-dealkylation sites (tertiary alicyclic amines) is 1. The van der Waals surface area contributed by atoms with Crippen LogP contribution in [-0.2, 0) is 9.53 Å². The highest BCUT2D eigenvalue weighted by Crippen LogP contribution is 2.36. The van der Waals surface area contributed by atoms with Gasteiger partial charge >= 0.3 is 5.97 Å². The molecule has 1 saturated heterocycles. The van der Waals surface area contributed by atoms with Gasteiger partial charge in [0.25, 0.3) is 0 Å². The van der Waals surface area contributed by atoms with Gasteiger partial charge in [-0.2, -0.15) is 0 Å². The maximum absolute atomic E-state index is 12.7. The molecule has 1 aliphatic carbocycles. The van der Waals surface area contributed by atoms with Crippen molar-refractivity contribution in [2.24, 2.45) is 11.8 Å². The van der Waals surface area contributed by atoms with Gasteiger partial charge in [0.15, 0.2) is 5.60 Å². The minimum absolute atomic E-state index is 0.00117. The summed E-state index contributed by atoms with van der Waals surface area (Å²) in [5.41, 5.74) is -1.44. The Morgan fingerprint density at radius 1 is 1.23 bits per heavy atom. The third-order valence-electron chi connectivity index (χ3n) is 4.98. The van der Waals surface area contributed by atoms with Crippen molar-refractivity contribution in [2.75, 3.05) is 20.1 Å². The molecule has 1 saturated carbocycles. The van der Waals surface area contributed by atoms with Crippen molar-refractivity contribution < 1.29 is 14.6 Å². The molecule has 22 heavy (non-hydrogen) atoms. The molecule has 1 heterocycles. The predicted octanol–water partition coefficient (Wildman–Crippen LogP) is 2.76. The number of ether oxygens (including phenoxy) is 1. The van der Waals surface area contributed by atoms with E-state index in [1.54, 1.807) is 6.08 Å². The van der Waals surface area contributed by atoms with Crippen LogP contribution in [0.5, 0.6) is 0 Å². The van der Waals surface area contributed by atoms with E-state index < -0.39 is 11.6 Å². The maximum atomic E-state index is 12.7. The molecule has 0 radical (unpaired) electrons. The van der Waals surface area contributed by atoms with E-state index in [0.717, 1.165) is 51.6 Å². The molecule has 4 nitrogen and oxygen atoms in total. The highest BCUT2D eigenvalue weighted by atomic mass is 16.6. The van der Waals surface area contributed by atoms with Crippen LogP contribution in [0.1, 0.15) is 52.4 Å². The minimum atomic E-state index is -1.44. The van der Waals surface area contributed by atoms with E-state index in [0.29, 0.717) is 5.92 Å². The Balaban J connectivity index is 2.05. The molecule has 2 fully saturated rings. The number of nitrogens with zero attached hydrogens (tertiary/aromatic N) is 1. The van der Waals surface area contributed by atoms with Crippen LogP contribution in [0.25, 0.3) is 0 Å². The average molecular weight is 309 g/mol. The molecule has 0 bridgehead atoms. The number of hydrogen-bond acceptors (Lipinski definition) is 4. The lowest BCUT2D eigenvalue weighted by Gasteiger charge is -2.34. The number of piperidine rings is 1. The molecular weight excluding hydrogens is 278 g/mol. The van der Waals surface area contributed by atoms with E-state index in [-0.39, 0.29) is 12.0 Å². The van der Waals surface area contributed by atoms with Crippen molar-refractivity contribution in [3.05, 3.63) is 12.2 Å². The van der Waals surface area contributed by atoms with Crippen molar-refractivity contribution in [1.29, 1.82) is 0 Å². The average Bonchev–Trinajstić information content (AvgIpc) is 3.02. The molecule has 1 atom stereocenters. The highest BCUT2D eigenvalue weighted by Gasteiger charge is 2.45. The monoisotopic (exact) mass is 309 g/mol. The summed E-state index contributed by atoms with van der Waals surface area (Å²) in [4.78, 5) is 14.9. The van der Waals surface area contributed by atoms with Crippen LogP contribution in [0.15, 0.2) is 12.2 Å². The van der Waals surface area contributed by atoms with E-state index in [4.69, 9.17) is 4.74 Å². The van der Waals surface area contributed by atoms with Gasteiger partial charge in [-0.3, -0.25) is 0 Å². The maximum Gasteiger partial charge on any atom is 0.342 e.